The summed E-state index contributed by atoms with van der Waals surface area (Å²) in [5.74, 6) is 1.44. The van der Waals surface area contributed by atoms with Crippen LogP contribution < -0.4 is 15.4 Å². The number of hydrogen-bond acceptors (Lipinski definition) is 6. The number of nitriles is 1. The second kappa shape index (κ2) is 5.92. The van der Waals surface area contributed by atoms with Crippen LogP contribution in [-0.4, -0.2) is 24.1 Å². The van der Waals surface area contributed by atoms with E-state index in [0.717, 1.165) is 3.57 Å². The molecule has 0 aliphatic rings. The Kier molecular flexibility index (Phi) is 4.24. The van der Waals surface area contributed by atoms with Gasteiger partial charge in [-0.15, -0.1) is 0 Å². The molecule has 2 aromatic rings. The first kappa shape index (κ1) is 14.3. The first-order valence-electron chi connectivity index (χ1n) is 5.68. The molecular weight excluding hydrogens is 369 g/mol. The normalized spacial score (nSPS) is 9.90. The van der Waals surface area contributed by atoms with E-state index >= 15 is 0 Å². The molecule has 7 heteroatoms. The largest absolute Gasteiger partial charge is 0.436 e. The average molecular weight is 381 g/mol. The van der Waals surface area contributed by atoms with E-state index < -0.39 is 0 Å². The molecule has 20 heavy (non-hydrogen) atoms. The van der Waals surface area contributed by atoms with Gasteiger partial charge in [0.05, 0.1) is 20.9 Å². The number of nitrogen functional groups attached to an aromatic ring is 1. The molecule has 102 valence electrons. The fourth-order valence-electron chi connectivity index (χ4n) is 1.50. The van der Waals surface area contributed by atoms with Crippen LogP contribution in [0.2, 0.25) is 0 Å². The molecule has 2 N–H and O–H groups in total. The fourth-order valence-corrected chi connectivity index (χ4v) is 2.25. The van der Waals surface area contributed by atoms with Gasteiger partial charge in [-0.05, 0) is 34.7 Å². The summed E-state index contributed by atoms with van der Waals surface area (Å²) in [4.78, 5) is 10.2. The fraction of sp³-hybridized carbons (Fsp3) is 0.154. The second-order valence-electron chi connectivity index (χ2n) is 4.18. The first-order valence-corrected chi connectivity index (χ1v) is 6.76. The molecule has 0 fully saturated rings. The monoisotopic (exact) mass is 381 g/mol. The van der Waals surface area contributed by atoms with E-state index in [1.807, 2.05) is 14.1 Å². The van der Waals surface area contributed by atoms with Crippen molar-refractivity contribution in [2.45, 2.75) is 0 Å². The molecule has 6 nitrogen and oxygen atoms in total. The van der Waals surface area contributed by atoms with Crippen molar-refractivity contribution in [3.8, 4) is 17.7 Å². The van der Waals surface area contributed by atoms with Gasteiger partial charge in [-0.1, -0.05) is 0 Å². The van der Waals surface area contributed by atoms with Gasteiger partial charge in [0.2, 0.25) is 11.8 Å². The lowest BCUT2D eigenvalue weighted by Crippen LogP contribution is -2.12. The standard InChI is InChI=1S/C13H12IN5O/c1-19(2)13-17-4-3-11(18-13)20-12-9(14)5-8(7-15)6-10(12)16/h3-6H,16H2,1-2H3. The number of nitrogens with two attached hydrogens (primary N) is 1. The smallest absolute Gasteiger partial charge is 0.228 e. The van der Waals surface area contributed by atoms with Crippen LogP contribution in [0.25, 0.3) is 0 Å². The molecule has 0 aliphatic carbocycles. The molecule has 1 heterocycles. The number of anilines is 2. The van der Waals surface area contributed by atoms with Crippen LogP contribution in [0, 0.1) is 14.9 Å². The zero-order valence-corrected chi connectivity index (χ0v) is 13.1. The highest BCUT2D eigenvalue weighted by molar-refractivity contribution is 14.1. The topological polar surface area (TPSA) is 88.1 Å². The second-order valence-corrected chi connectivity index (χ2v) is 5.34. The number of nitrogens with zero attached hydrogens (tertiary/aromatic N) is 4. The molecule has 0 saturated carbocycles. The van der Waals surface area contributed by atoms with Crippen molar-refractivity contribution in [1.82, 2.24) is 9.97 Å². The van der Waals surface area contributed by atoms with Gasteiger partial charge in [-0.25, -0.2) is 4.98 Å². The highest BCUT2D eigenvalue weighted by Crippen LogP contribution is 2.33. The minimum absolute atomic E-state index is 0.401. The third kappa shape index (κ3) is 3.08. The van der Waals surface area contributed by atoms with Gasteiger partial charge in [0, 0.05) is 26.4 Å². The Morgan fingerprint density at radius 3 is 2.75 bits per heavy atom. The number of hydrogen-bond donors (Lipinski definition) is 1. The summed E-state index contributed by atoms with van der Waals surface area (Å²) in [6, 6.07) is 6.99. The number of aromatic nitrogens is 2. The Labute approximate surface area is 130 Å². The van der Waals surface area contributed by atoms with Crippen LogP contribution in [0.1, 0.15) is 5.56 Å². The van der Waals surface area contributed by atoms with Crippen LogP contribution >= 0.6 is 22.6 Å². The lowest BCUT2D eigenvalue weighted by Gasteiger charge is -2.13. The van der Waals surface area contributed by atoms with Crippen molar-refractivity contribution >= 4 is 34.2 Å². The van der Waals surface area contributed by atoms with E-state index in [0.29, 0.717) is 28.8 Å². The number of benzene rings is 1. The lowest BCUT2D eigenvalue weighted by atomic mass is 10.2. The zero-order chi connectivity index (χ0) is 14.7. The minimum atomic E-state index is 0.401. The summed E-state index contributed by atoms with van der Waals surface area (Å²) in [6.07, 6.45) is 1.62. The summed E-state index contributed by atoms with van der Waals surface area (Å²) in [7, 11) is 3.69. The molecule has 0 saturated heterocycles. The van der Waals surface area contributed by atoms with E-state index in [9.17, 15) is 0 Å². The van der Waals surface area contributed by atoms with E-state index in [1.165, 1.54) is 0 Å². The Morgan fingerprint density at radius 1 is 1.40 bits per heavy atom. The van der Waals surface area contributed by atoms with Gasteiger partial charge in [-0.2, -0.15) is 10.2 Å². The third-order valence-electron chi connectivity index (χ3n) is 2.43. The molecule has 1 aromatic carbocycles. The van der Waals surface area contributed by atoms with Gasteiger partial charge in [0.1, 0.15) is 0 Å². The molecule has 0 radical (unpaired) electrons. The Morgan fingerprint density at radius 2 is 2.15 bits per heavy atom. The minimum Gasteiger partial charge on any atom is -0.436 e. The van der Waals surface area contributed by atoms with Gasteiger partial charge < -0.3 is 15.4 Å². The summed E-state index contributed by atoms with van der Waals surface area (Å²) in [5, 5.41) is 8.89. The molecule has 0 spiro atoms. The highest BCUT2D eigenvalue weighted by Gasteiger charge is 2.11. The maximum atomic E-state index is 8.89. The summed E-state index contributed by atoms with van der Waals surface area (Å²) >= 11 is 2.07. The van der Waals surface area contributed by atoms with E-state index in [1.54, 1.807) is 29.3 Å². The number of rotatable bonds is 3. The van der Waals surface area contributed by atoms with Crippen molar-refractivity contribution in [2.24, 2.45) is 0 Å². The summed E-state index contributed by atoms with van der Waals surface area (Å²) in [5.41, 5.74) is 6.81. The molecule has 0 amide bonds. The van der Waals surface area contributed by atoms with Crippen molar-refractivity contribution in [2.75, 3.05) is 24.7 Å². The maximum Gasteiger partial charge on any atom is 0.228 e. The maximum absolute atomic E-state index is 8.89. The van der Waals surface area contributed by atoms with E-state index in [2.05, 4.69) is 38.6 Å². The highest BCUT2D eigenvalue weighted by atomic mass is 127. The first-order chi connectivity index (χ1) is 9.51. The van der Waals surface area contributed by atoms with Gasteiger partial charge >= 0.3 is 0 Å². The van der Waals surface area contributed by atoms with Gasteiger partial charge in [0.15, 0.2) is 5.75 Å². The van der Waals surface area contributed by atoms with Gasteiger partial charge in [0.25, 0.3) is 0 Å². The van der Waals surface area contributed by atoms with Crippen LogP contribution in [0.4, 0.5) is 11.6 Å². The zero-order valence-electron chi connectivity index (χ0n) is 11.0. The van der Waals surface area contributed by atoms with E-state index in [4.69, 9.17) is 15.7 Å². The van der Waals surface area contributed by atoms with Crippen molar-refractivity contribution in [1.29, 1.82) is 5.26 Å². The molecule has 0 bridgehead atoms. The molecule has 0 unspecified atom stereocenters. The van der Waals surface area contributed by atoms with Crippen molar-refractivity contribution in [3.05, 3.63) is 33.5 Å². The Hall–Kier alpha value is -2.08. The predicted octanol–water partition coefficient (Wildman–Crippen LogP) is 2.39. The van der Waals surface area contributed by atoms with E-state index in [-0.39, 0.29) is 0 Å². The van der Waals surface area contributed by atoms with Crippen LogP contribution in [0.15, 0.2) is 24.4 Å². The SMILES string of the molecule is CN(C)c1nccc(Oc2c(N)cc(C#N)cc2I)n1. The molecule has 1 aromatic heterocycles. The molecular formula is C13H12IN5O. The van der Waals surface area contributed by atoms with Gasteiger partial charge in [-0.3, -0.25) is 0 Å². The summed E-state index contributed by atoms with van der Waals surface area (Å²) < 4.78 is 6.46. The molecule has 0 aliphatic heterocycles. The van der Waals surface area contributed by atoms with Crippen LogP contribution in [0.5, 0.6) is 11.6 Å². The predicted molar refractivity (Wildman–Crippen MR) is 84.7 cm³/mol. The average Bonchev–Trinajstić information content (AvgIpc) is 2.42. The summed E-state index contributed by atoms with van der Waals surface area (Å²) in [6.45, 7) is 0. The number of ether oxygens (including phenoxy) is 1. The van der Waals surface area contributed by atoms with Crippen molar-refractivity contribution < 1.29 is 4.74 Å². The Balaban J connectivity index is 2.36. The lowest BCUT2D eigenvalue weighted by molar-refractivity contribution is 0.460. The Bertz CT molecular complexity index is 658. The third-order valence-corrected chi connectivity index (χ3v) is 3.23. The number of halogens is 1. The van der Waals surface area contributed by atoms with Crippen LogP contribution in [0.3, 0.4) is 0 Å². The molecule has 0 atom stereocenters. The quantitative estimate of drug-likeness (QED) is 0.649. The molecule has 2 rings (SSSR count). The van der Waals surface area contributed by atoms with Crippen LogP contribution in [-0.2, 0) is 0 Å². The van der Waals surface area contributed by atoms with Crippen molar-refractivity contribution in [3.63, 3.8) is 0 Å².